The van der Waals surface area contributed by atoms with Gasteiger partial charge in [0.15, 0.2) is 11.6 Å². The van der Waals surface area contributed by atoms with Gasteiger partial charge in [0.05, 0.1) is 23.1 Å². The van der Waals surface area contributed by atoms with Crippen LogP contribution in [-0.2, 0) is 6.42 Å². The summed E-state index contributed by atoms with van der Waals surface area (Å²) < 4.78 is 52.2. The largest absolute Gasteiger partial charge is 0.508 e. The van der Waals surface area contributed by atoms with Gasteiger partial charge in [-0.3, -0.25) is 14.9 Å². The van der Waals surface area contributed by atoms with Crippen LogP contribution < -0.4 is 15.2 Å². The molecule has 0 saturated carbocycles. The lowest BCUT2D eigenvalue weighted by atomic mass is 9.94. The predicted octanol–water partition coefficient (Wildman–Crippen LogP) is 4.81. The number of phenols is 1. The van der Waals surface area contributed by atoms with Gasteiger partial charge in [-0.1, -0.05) is 13.0 Å². The van der Waals surface area contributed by atoms with Gasteiger partial charge in [-0.25, -0.2) is 18.6 Å². The Morgan fingerprint density at radius 3 is 2.82 bits per heavy atom. The number of aromatic hydroxyl groups is 1. The minimum atomic E-state index is -1.03. The Balaban J connectivity index is 1.38. The second kappa shape index (κ2) is 10.7. The van der Waals surface area contributed by atoms with E-state index < -0.39 is 28.9 Å². The molecule has 2 aromatic carbocycles. The number of hydrogen-bond acceptors (Lipinski definition) is 9. The van der Waals surface area contributed by atoms with E-state index in [1.165, 1.54) is 24.4 Å². The molecule has 0 amide bonds. The molecule has 7 rings (SSSR count). The number of benzene rings is 2. The lowest BCUT2D eigenvalue weighted by Crippen LogP contribution is -2.55. The number of aryl methyl sites for hydroxylation is 1. The molecule has 232 valence electrons. The lowest BCUT2D eigenvalue weighted by molar-refractivity contribution is 0.0412. The van der Waals surface area contributed by atoms with Crippen molar-refractivity contribution in [2.24, 2.45) is 0 Å². The molecule has 0 aliphatic carbocycles. The molecule has 0 spiro atoms. The summed E-state index contributed by atoms with van der Waals surface area (Å²) in [5.41, 5.74) is 2.15. The summed E-state index contributed by atoms with van der Waals surface area (Å²) in [5.74, 6) is -1.06. The SMILES string of the molecule is CCc1c(F)ccc2cc(O)cc(-c3ncc4c(N5C[C@@](C)(O)CCN5)nc(OC[C@@]56CCCN5C[C@H](F)C6)nc4c3F)c12. The van der Waals surface area contributed by atoms with E-state index in [2.05, 4.69) is 25.3 Å². The van der Waals surface area contributed by atoms with Crippen LogP contribution in [0.3, 0.4) is 0 Å². The minimum absolute atomic E-state index is 0.0801. The zero-order valence-corrected chi connectivity index (χ0v) is 24.7. The van der Waals surface area contributed by atoms with E-state index in [1.54, 1.807) is 18.0 Å². The third kappa shape index (κ3) is 4.89. The van der Waals surface area contributed by atoms with Gasteiger partial charge in [0.1, 0.15) is 35.6 Å². The maximum atomic E-state index is 16.7. The van der Waals surface area contributed by atoms with Gasteiger partial charge in [-0.15, -0.1) is 0 Å². The summed E-state index contributed by atoms with van der Waals surface area (Å²) in [4.78, 5) is 15.7. The van der Waals surface area contributed by atoms with E-state index in [9.17, 15) is 19.0 Å². The molecule has 12 heteroatoms. The van der Waals surface area contributed by atoms with Crippen molar-refractivity contribution in [1.29, 1.82) is 0 Å². The topological polar surface area (TPSA) is 107 Å². The van der Waals surface area contributed by atoms with Crippen molar-refractivity contribution in [3.8, 4) is 23.0 Å². The number of hydrogen-bond donors (Lipinski definition) is 3. The molecule has 44 heavy (non-hydrogen) atoms. The van der Waals surface area contributed by atoms with Gasteiger partial charge < -0.3 is 14.9 Å². The van der Waals surface area contributed by atoms with Crippen LogP contribution in [0.1, 0.15) is 45.1 Å². The maximum Gasteiger partial charge on any atom is 0.319 e. The van der Waals surface area contributed by atoms with E-state index >= 15 is 4.39 Å². The lowest BCUT2D eigenvalue weighted by Gasteiger charge is -2.38. The van der Waals surface area contributed by atoms with Crippen LogP contribution in [-0.4, -0.2) is 80.2 Å². The van der Waals surface area contributed by atoms with Crippen LogP contribution in [0.25, 0.3) is 32.9 Å². The fraction of sp³-hybridized carbons (Fsp3) is 0.469. The van der Waals surface area contributed by atoms with Gasteiger partial charge >= 0.3 is 6.01 Å². The standard InChI is InChI=1S/C32H35F3N6O3/c1-3-21-24(34)6-5-18-11-20(42)12-22(25(18)21)27-26(35)28-23(14-36-27)29(41-16-31(2,43)8-9-37-41)39-30(38-28)44-17-32-7-4-10-40(32)15-19(33)13-32/h5-6,11-12,14,19,37,42-43H,3-4,7-10,13,15-17H2,1-2H3/t19-,31+,32+/m1/s1. The number of alkyl halides is 1. The van der Waals surface area contributed by atoms with Crippen molar-refractivity contribution in [1.82, 2.24) is 25.3 Å². The van der Waals surface area contributed by atoms with E-state index in [4.69, 9.17) is 4.74 Å². The number of aromatic nitrogens is 3. The molecule has 3 aliphatic heterocycles. The Morgan fingerprint density at radius 1 is 1.18 bits per heavy atom. The van der Waals surface area contributed by atoms with Gasteiger partial charge in [0.25, 0.3) is 0 Å². The predicted molar refractivity (Wildman–Crippen MR) is 160 cm³/mol. The Morgan fingerprint density at radius 2 is 2.02 bits per heavy atom. The zero-order chi connectivity index (χ0) is 30.8. The first kappa shape index (κ1) is 29.0. The third-order valence-electron chi connectivity index (χ3n) is 9.36. The molecule has 3 fully saturated rings. The average Bonchev–Trinajstić information content (AvgIpc) is 3.51. The molecule has 2 aromatic heterocycles. The fourth-order valence-corrected chi connectivity index (χ4v) is 7.25. The quantitative estimate of drug-likeness (QED) is 0.284. The molecule has 9 nitrogen and oxygen atoms in total. The fourth-order valence-electron chi connectivity index (χ4n) is 7.25. The Kier molecular flexibility index (Phi) is 7.06. The molecule has 3 N–H and O–H groups in total. The van der Waals surface area contributed by atoms with Crippen LogP contribution >= 0.6 is 0 Å². The van der Waals surface area contributed by atoms with Crippen LogP contribution in [0.4, 0.5) is 19.0 Å². The molecular weight excluding hydrogens is 573 g/mol. The number of aliphatic hydroxyl groups is 1. The first-order chi connectivity index (χ1) is 21.1. The maximum absolute atomic E-state index is 16.7. The zero-order valence-electron chi connectivity index (χ0n) is 24.7. The van der Waals surface area contributed by atoms with Gasteiger partial charge in [0.2, 0.25) is 0 Å². The van der Waals surface area contributed by atoms with Crippen molar-refractivity contribution >= 4 is 27.5 Å². The normalized spacial score (nSPS) is 25.7. The number of halogens is 3. The second-order valence-electron chi connectivity index (χ2n) is 12.6. The summed E-state index contributed by atoms with van der Waals surface area (Å²) in [6, 6.07) is 5.68. The van der Waals surface area contributed by atoms with Crippen molar-refractivity contribution in [2.45, 2.75) is 63.3 Å². The second-order valence-corrected chi connectivity index (χ2v) is 12.6. The minimum Gasteiger partial charge on any atom is -0.508 e. The number of fused-ring (bicyclic) bond motifs is 3. The molecule has 0 radical (unpaired) electrons. The highest BCUT2D eigenvalue weighted by Crippen LogP contribution is 2.42. The summed E-state index contributed by atoms with van der Waals surface area (Å²) >= 11 is 0. The number of ether oxygens (including phenoxy) is 1. The van der Waals surface area contributed by atoms with Crippen molar-refractivity contribution in [2.75, 3.05) is 37.8 Å². The van der Waals surface area contributed by atoms with Crippen LogP contribution in [0, 0.1) is 11.6 Å². The number of pyridine rings is 1. The molecule has 4 aromatic rings. The van der Waals surface area contributed by atoms with Gasteiger partial charge in [-0.2, -0.15) is 9.97 Å². The van der Waals surface area contributed by atoms with E-state index in [0.29, 0.717) is 48.7 Å². The first-order valence-corrected chi connectivity index (χ1v) is 15.1. The number of anilines is 1. The molecule has 0 bridgehead atoms. The molecule has 3 atom stereocenters. The smallest absolute Gasteiger partial charge is 0.319 e. The summed E-state index contributed by atoms with van der Waals surface area (Å²) in [7, 11) is 0. The molecular formula is C32H35F3N6O3. The molecule has 3 saturated heterocycles. The third-order valence-corrected chi connectivity index (χ3v) is 9.36. The summed E-state index contributed by atoms with van der Waals surface area (Å²) in [6.45, 7) is 5.46. The molecule has 0 unspecified atom stereocenters. The number of nitrogens with one attached hydrogen (secondary N) is 1. The number of nitrogens with zero attached hydrogens (tertiary/aromatic N) is 5. The summed E-state index contributed by atoms with van der Waals surface area (Å²) in [6.07, 6.45) is 3.44. The van der Waals surface area contributed by atoms with Crippen LogP contribution in [0.2, 0.25) is 0 Å². The monoisotopic (exact) mass is 608 g/mol. The first-order valence-electron chi connectivity index (χ1n) is 15.1. The highest BCUT2D eigenvalue weighted by Gasteiger charge is 2.49. The average molecular weight is 609 g/mol. The number of β-amino-alcohol motifs (C(OH)–C–C–N with tert-alkyl or cyclic N) is 1. The molecule has 5 heterocycles. The number of phenolic OH excluding ortho intramolecular Hbond substituents is 1. The van der Waals surface area contributed by atoms with E-state index in [-0.39, 0.29) is 52.9 Å². The van der Waals surface area contributed by atoms with Crippen molar-refractivity contribution < 1.29 is 28.1 Å². The highest BCUT2D eigenvalue weighted by atomic mass is 19.1. The Hall–Kier alpha value is -3.74. The van der Waals surface area contributed by atoms with E-state index in [1.807, 2.05) is 6.92 Å². The number of hydrazine groups is 1. The highest BCUT2D eigenvalue weighted by molar-refractivity contribution is 6.01. The summed E-state index contributed by atoms with van der Waals surface area (Å²) in [5, 5.41) is 24.3. The number of rotatable bonds is 6. The van der Waals surface area contributed by atoms with Crippen LogP contribution in [0.5, 0.6) is 11.8 Å². The van der Waals surface area contributed by atoms with Crippen molar-refractivity contribution in [3.05, 3.63) is 47.7 Å². The Labute approximate surface area is 252 Å². The Bertz CT molecular complexity index is 1770. The van der Waals surface area contributed by atoms with Crippen LogP contribution in [0.15, 0.2) is 30.5 Å². The van der Waals surface area contributed by atoms with Crippen molar-refractivity contribution in [3.63, 3.8) is 0 Å². The van der Waals surface area contributed by atoms with Gasteiger partial charge in [0, 0.05) is 31.3 Å². The van der Waals surface area contributed by atoms with Gasteiger partial charge in [-0.05, 0) is 73.7 Å². The van der Waals surface area contributed by atoms with E-state index in [0.717, 1.165) is 19.4 Å². The molecule has 3 aliphatic rings.